The molecule has 0 saturated carbocycles. The molecule has 1 amide bonds. The van der Waals surface area contributed by atoms with Gasteiger partial charge in [-0.2, -0.15) is 0 Å². The molecule has 2 aromatic carbocycles. The fourth-order valence-electron chi connectivity index (χ4n) is 2.88. The molecule has 152 valence electrons. The van der Waals surface area contributed by atoms with E-state index >= 15 is 0 Å². The van der Waals surface area contributed by atoms with Crippen molar-refractivity contribution in [2.24, 2.45) is 0 Å². The standard InChI is InChI=1S/C21H22ClN3O3S/c1-3-25-18-10-9-14(20(27)28-4-2)11-17(18)24-21(25)29-13-19(26)23-12-15-7-5-6-8-16(15)22/h5-11H,3-4,12-13H2,1-2H3,(H,23,26). The van der Waals surface area contributed by atoms with Gasteiger partial charge < -0.3 is 14.6 Å². The molecular weight excluding hydrogens is 410 g/mol. The number of nitrogens with zero attached hydrogens (tertiary/aromatic N) is 2. The van der Waals surface area contributed by atoms with Crippen LogP contribution in [0.4, 0.5) is 0 Å². The SMILES string of the molecule is CCOC(=O)c1ccc2c(c1)nc(SCC(=O)NCc1ccccc1Cl)n2CC. The Morgan fingerprint density at radius 2 is 2.00 bits per heavy atom. The van der Waals surface area contributed by atoms with E-state index in [2.05, 4.69) is 10.3 Å². The third-order valence-corrected chi connectivity index (χ3v) is 5.65. The second-order valence-corrected chi connectivity index (χ2v) is 7.57. The van der Waals surface area contributed by atoms with Gasteiger partial charge in [-0.3, -0.25) is 4.79 Å². The van der Waals surface area contributed by atoms with E-state index in [0.29, 0.717) is 35.8 Å². The van der Waals surface area contributed by atoms with Crippen molar-refractivity contribution in [2.45, 2.75) is 32.1 Å². The van der Waals surface area contributed by atoms with Crippen LogP contribution in [0.25, 0.3) is 11.0 Å². The summed E-state index contributed by atoms with van der Waals surface area (Å²) >= 11 is 7.48. The maximum absolute atomic E-state index is 12.3. The number of esters is 1. The number of halogens is 1. The molecule has 8 heteroatoms. The molecule has 0 atom stereocenters. The van der Waals surface area contributed by atoms with Gasteiger partial charge in [-0.1, -0.05) is 41.6 Å². The minimum Gasteiger partial charge on any atom is -0.462 e. The Morgan fingerprint density at radius 3 is 2.72 bits per heavy atom. The van der Waals surface area contributed by atoms with E-state index in [1.165, 1.54) is 11.8 Å². The minimum atomic E-state index is -0.367. The summed E-state index contributed by atoms with van der Waals surface area (Å²) in [5.74, 6) is -0.233. The topological polar surface area (TPSA) is 73.2 Å². The van der Waals surface area contributed by atoms with Crippen molar-refractivity contribution in [3.8, 4) is 0 Å². The van der Waals surface area contributed by atoms with Gasteiger partial charge in [-0.15, -0.1) is 0 Å². The summed E-state index contributed by atoms with van der Waals surface area (Å²) in [7, 11) is 0. The Morgan fingerprint density at radius 1 is 1.21 bits per heavy atom. The van der Waals surface area contributed by atoms with Crippen LogP contribution in [-0.4, -0.2) is 33.8 Å². The number of amides is 1. The zero-order valence-electron chi connectivity index (χ0n) is 16.3. The second kappa shape index (κ2) is 9.80. The van der Waals surface area contributed by atoms with Crippen LogP contribution in [-0.2, 0) is 22.6 Å². The van der Waals surface area contributed by atoms with Crippen LogP contribution in [0, 0.1) is 0 Å². The third kappa shape index (κ3) is 5.10. The largest absolute Gasteiger partial charge is 0.462 e. The van der Waals surface area contributed by atoms with E-state index in [-0.39, 0.29) is 17.6 Å². The van der Waals surface area contributed by atoms with Crippen LogP contribution in [0.2, 0.25) is 5.02 Å². The molecule has 0 aliphatic rings. The second-order valence-electron chi connectivity index (χ2n) is 6.22. The van der Waals surface area contributed by atoms with Crippen molar-refractivity contribution in [2.75, 3.05) is 12.4 Å². The van der Waals surface area contributed by atoms with Crippen molar-refractivity contribution in [1.29, 1.82) is 0 Å². The molecule has 6 nitrogen and oxygen atoms in total. The fourth-order valence-corrected chi connectivity index (χ4v) is 3.99. The van der Waals surface area contributed by atoms with Gasteiger partial charge in [0.1, 0.15) is 0 Å². The predicted molar refractivity (Wildman–Crippen MR) is 115 cm³/mol. The highest BCUT2D eigenvalue weighted by Gasteiger charge is 2.15. The molecule has 3 aromatic rings. The first-order valence-corrected chi connectivity index (χ1v) is 10.7. The van der Waals surface area contributed by atoms with E-state index in [1.807, 2.05) is 35.8 Å². The molecule has 3 rings (SSSR count). The van der Waals surface area contributed by atoms with Crippen LogP contribution < -0.4 is 5.32 Å². The van der Waals surface area contributed by atoms with E-state index in [0.717, 1.165) is 16.2 Å². The smallest absolute Gasteiger partial charge is 0.338 e. The lowest BCUT2D eigenvalue weighted by molar-refractivity contribution is -0.118. The zero-order valence-corrected chi connectivity index (χ0v) is 17.8. The van der Waals surface area contributed by atoms with Gasteiger partial charge in [0.2, 0.25) is 5.91 Å². The average molecular weight is 432 g/mol. The fraction of sp³-hybridized carbons (Fsp3) is 0.286. The summed E-state index contributed by atoms with van der Waals surface area (Å²) in [5, 5.41) is 4.24. The summed E-state index contributed by atoms with van der Waals surface area (Å²) in [6.07, 6.45) is 0. The molecule has 1 N–H and O–H groups in total. The molecule has 0 fully saturated rings. The van der Waals surface area contributed by atoms with E-state index in [4.69, 9.17) is 16.3 Å². The number of aromatic nitrogens is 2. The molecule has 0 bridgehead atoms. The van der Waals surface area contributed by atoms with Crippen molar-refractivity contribution in [1.82, 2.24) is 14.9 Å². The number of fused-ring (bicyclic) bond motifs is 1. The Hall–Kier alpha value is -2.51. The first-order chi connectivity index (χ1) is 14.0. The molecule has 0 spiro atoms. The summed E-state index contributed by atoms with van der Waals surface area (Å²) in [5.41, 5.74) is 2.96. The van der Waals surface area contributed by atoms with Crippen LogP contribution in [0.3, 0.4) is 0 Å². The van der Waals surface area contributed by atoms with Crippen LogP contribution in [0.5, 0.6) is 0 Å². The van der Waals surface area contributed by atoms with Gasteiger partial charge in [0.25, 0.3) is 0 Å². The summed E-state index contributed by atoms with van der Waals surface area (Å²) in [6, 6.07) is 12.7. The molecule has 1 heterocycles. The van der Waals surface area contributed by atoms with E-state index < -0.39 is 0 Å². The van der Waals surface area contributed by atoms with Crippen molar-refractivity contribution >= 4 is 46.3 Å². The number of carbonyl (C=O) groups excluding carboxylic acids is 2. The molecule has 0 radical (unpaired) electrons. The first kappa shape index (κ1) is 21.2. The monoisotopic (exact) mass is 431 g/mol. The maximum atomic E-state index is 12.3. The number of imidazole rings is 1. The summed E-state index contributed by atoms with van der Waals surface area (Å²) in [4.78, 5) is 28.8. The number of benzene rings is 2. The van der Waals surface area contributed by atoms with Gasteiger partial charge in [-0.25, -0.2) is 9.78 Å². The number of carbonyl (C=O) groups is 2. The Labute approximate surface area is 178 Å². The molecule has 0 unspecified atom stereocenters. The predicted octanol–water partition coefficient (Wildman–Crippen LogP) is 4.29. The lowest BCUT2D eigenvalue weighted by atomic mass is 10.2. The number of ether oxygens (including phenoxy) is 1. The summed E-state index contributed by atoms with van der Waals surface area (Å²) < 4.78 is 7.07. The van der Waals surface area contributed by atoms with Gasteiger partial charge >= 0.3 is 5.97 Å². The number of aryl methyl sites for hydroxylation is 1. The normalized spacial score (nSPS) is 10.9. The van der Waals surface area contributed by atoms with Crippen molar-refractivity contribution in [3.63, 3.8) is 0 Å². The van der Waals surface area contributed by atoms with Crippen LogP contribution >= 0.6 is 23.4 Å². The quantitative estimate of drug-likeness (QED) is 0.425. The molecule has 1 aromatic heterocycles. The lowest BCUT2D eigenvalue weighted by Crippen LogP contribution is -2.24. The van der Waals surface area contributed by atoms with E-state index in [9.17, 15) is 9.59 Å². The number of hydrogen-bond acceptors (Lipinski definition) is 5. The molecule has 0 aliphatic heterocycles. The highest BCUT2D eigenvalue weighted by atomic mass is 35.5. The minimum absolute atomic E-state index is 0.100. The highest BCUT2D eigenvalue weighted by Crippen LogP contribution is 2.25. The Balaban J connectivity index is 1.68. The highest BCUT2D eigenvalue weighted by molar-refractivity contribution is 7.99. The van der Waals surface area contributed by atoms with Crippen molar-refractivity contribution in [3.05, 3.63) is 58.6 Å². The van der Waals surface area contributed by atoms with Gasteiger partial charge in [0.15, 0.2) is 5.16 Å². The molecule has 29 heavy (non-hydrogen) atoms. The zero-order chi connectivity index (χ0) is 20.8. The lowest BCUT2D eigenvalue weighted by Gasteiger charge is -2.08. The summed E-state index contributed by atoms with van der Waals surface area (Å²) in [6.45, 7) is 5.20. The van der Waals surface area contributed by atoms with Gasteiger partial charge in [0, 0.05) is 18.1 Å². The number of thioether (sulfide) groups is 1. The molecular formula is C21H22ClN3O3S. The first-order valence-electron chi connectivity index (χ1n) is 9.33. The number of rotatable bonds is 8. The maximum Gasteiger partial charge on any atom is 0.338 e. The van der Waals surface area contributed by atoms with Gasteiger partial charge in [-0.05, 0) is 43.7 Å². The molecule has 0 aliphatic carbocycles. The Kier molecular flexibility index (Phi) is 7.17. The molecule has 0 saturated heterocycles. The van der Waals surface area contributed by atoms with E-state index in [1.54, 1.807) is 25.1 Å². The third-order valence-electron chi connectivity index (χ3n) is 4.31. The number of nitrogens with one attached hydrogen (secondary N) is 1. The van der Waals surface area contributed by atoms with Crippen LogP contribution in [0.1, 0.15) is 29.8 Å². The van der Waals surface area contributed by atoms with Crippen LogP contribution in [0.15, 0.2) is 47.6 Å². The average Bonchev–Trinajstić information content (AvgIpc) is 3.08. The Bertz CT molecular complexity index is 1040. The number of hydrogen-bond donors (Lipinski definition) is 1. The van der Waals surface area contributed by atoms with Gasteiger partial charge in [0.05, 0.1) is 29.0 Å². The van der Waals surface area contributed by atoms with Crippen molar-refractivity contribution < 1.29 is 14.3 Å².